The Balaban J connectivity index is 2.08. The second-order valence-corrected chi connectivity index (χ2v) is 5.60. The minimum Gasteiger partial charge on any atom is -0.369 e. The highest BCUT2D eigenvalue weighted by molar-refractivity contribution is 5.92. The van der Waals surface area contributed by atoms with Crippen molar-refractivity contribution < 1.29 is 31.9 Å². The van der Waals surface area contributed by atoms with Crippen molar-refractivity contribution in [3.8, 4) is 0 Å². The third kappa shape index (κ3) is 3.39. The van der Waals surface area contributed by atoms with Gasteiger partial charge in [0.25, 0.3) is 6.43 Å². The van der Waals surface area contributed by atoms with Crippen molar-refractivity contribution in [2.24, 2.45) is 0 Å². The molecule has 0 bridgehead atoms. The molecule has 0 saturated heterocycles. The molecule has 2 heterocycles. The summed E-state index contributed by atoms with van der Waals surface area (Å²) in [5.74, 6) is -0.191. The van der Waals surface area contributed by atoms with Crippen molar-refractivity contribution in [2.75, 3.05) is 16.9 Å². The average molecular weight is 391 g/mol. The zero-order valence-electron chi connectivity index (χ0n) is 13.8. The SMILES string of the molecule is CCN(c1ccc(C(F)(F)F)cc1)n1nc(C(F)F)c2c1NC(=O)NC2O. The Bertz CT molecular complexity index is 850. The Morgan fingerprint density at radius 3 is 2.44 bits per heavy atom. The monoisotopic (exact) mass is 391 g/mol. The molecule has 0 spiro atoms. The number of halogens is 5. The van der Waals surface area contributed by atoms with Crippen molar-refractivity contribution in [2.45, 2.75) is 25.8 Å². The minimum absolute atomic E-state index is 0.127. The first-order chi connectivity index (χ1) is 12.6. The van der Waals surface area contributed by atoms with Gasteiger partial charge in [0.15, 0.2) is 12.0 Å². The summed E-state index contributed by atoms with van der Waals surface area (Å²) in [6.07, 6.45) is -9.26. The van der Waals surface area contributed by atoms with Crippen LogP contribution in [0.1, 0.15) is 36.4 Å². The van der Waals surface area contributed by atoms with Crippen LogP contribution < -0.4 is 15.6 Å². The smallest absolute Gasteiger partial charge is 0.369 e. The van der Waals surface area contributed by atoms with Crippen LogP contribution in [0.5, 0.6) is 0 Å². The molecule has 0 aliphatic carbocycles. The summed E-state index contributed by atoms with van der Waals surface area (Å²) in [5, 5.41) is 19.3. The van der Waals surface area contributed by atoms with Crippen LogP contribution in [-0.2, 0) is 6.18 Å². The predicted octanol–water partition coefficient (Wildman–Crippen LogP) is 3.26. The lowest BCUT2D eigenvalue weighted by Gasteiger charge is -2.27. The molecule has 0 fully saturated rings. The van der Waals surface area contributed by atoms with Gasteiger partial charge < -0.3 is 10.4 Å². The zero-order chi connectivity index (χ0) is 19.9. The Morgan fingerprint density at radius 1 is 1.30 bits per heavy atom. The number of carbonyl (C=O) groups is 1. The van der Waals surface area contributed by atoms with Crippen LogP contribution in [0, 0.1) is 0 Å². The lowest BCUT2D eigenvalue weighted by molar-refractivity contribution is -0.137. The summed E-state index contributed by atoms with van der Waals surface area (Å²) in [5.41, 5.74) is -1.71. The van der Waals surface area contributed by atoms with Gasteiger partial charge in [-0.05, 0) is 31.2 Å². The van der Waals surface area contributed by atoms with Crippen LogP contribution in [0.2, 0.25) is 0 Å². The van der Waals surface area contributed by atoms with Gasteiger partial charge in [0.05, 0.1) is 16.8 Å². The van der Waals surface area contributed by atoms with E-state index in [-0.39, 0.29) is 23.6 Å². The number of amides is 2. The van der Waals surface area contributed by atoms with Gasteiger partial charge in [0.1, 0.15) is 5.69 Å². The molecular weight excluding hydrogens is 377 g/mol. The van der Waals surface area contributed by atoms with Gasteiger partial charge in [-0.3, -0.25) is 10.3 Å². The minimum atomic E-state index is -4.52. The highest BCUT2D eigenvalue weighted by Gasteiger charge is 2.36. The summed E-state index contributed by atoms with van der Waals surface area (Å²) in [6.45, 7) is 1.74. The van der Waals surface area contributed by atoms with Gasteiger partial charge in [0, 0.05) is 6.54 Å². The molecule has 1 aliphatic rings. The third-order valence-corrected chi connectivity index (χ3v) is 3.93. The van der Waals surface area contributed by atoms with E-state index < -0.39 is 36.1 Å². The first-order valence-corrected chi connectivity index (χ1v) is 7.75. The van der Waals surface area contributed by atoms with Crippen LogP contribution in [0.4, 0.5) is 38.3 Å². The van der Waals surface area contributed by atoms with Crippen molar-refractivity contribution >= 4 is 17.5 Å². The van der Waals surface area contributed by atoms with E-state index in [9.17, 15) is 31.9 Å². The number of hydrogen-bond donors (Lipinski definition) is 3. The third-order valence-electron chi connectivity index (χ3n) is 3.93. The molecule has 146 valence electrons. The Labute approximate surface area is 149 Å². The largest absolute Gasteiger partial charge is 0.416 e. The second-order valence-electron chi connectivity index (χ2n) is 5.60. The first kappa shape index (κ1) is 18.9. The van der Waals surface area contributed by atoms with E-state index >= 15 is 0 Å². The lowest BCUT2D eigenvalue weighted by atomic mass is 10.2. The maximum absolute atomic E-state index is 13.3. The van der Waals surface area contributed by atoms with Crippen LogP contribution in [0.15, 0.2) is 24.3 Å². The number of rotatable bonds is 4. The molecule has 0 radical (unpaired) electrons. The standard InChI is InChI=1S/C15H14F5N5O2/c1-2-24(8-5-3-7(4-6-8)15(18,19)20)25-12-9(10(23-25)11(16)17)13(26)22-14(27)21-12/h3-6,11,13,26H,2H2,1H3,(H2,21,22,27). The molecule has 1 aromatic carbocycles. The fourth-order valence-corrected chi connectivity index (χ4v) is 2.75. The number of hydrogen-bond acceptors (Lipinski definition) is 4. The maximum atomic E-state index is 13.3. The number of fused-ring (bicyclic) bond motifs is 1. The van der Waals surface area contributed by atoms with Crippen molar-refractivity contribution in [1.29, 1.82) is 0 Å². The number of aliphatic hydroxyl groups excluding tert-OH is 1. The summed E-state index contributed by atoms with van der Waals surface area (Å²) < 4.78 is 64.8. The zero-order valence-corrected chi connectivity index (χ0v) is 13.8. The molecule has 2 amide bonds. The molecular formula is C15H14F5N5O2. The highest BCUT2D eigenvalue weighted by Crippen LogP contribution is 2.36. The number of nitrogens with one attached hydrogen (secondary N) is 2. The Kier molecular flexibility index (Phi) is 4.68. The molecule has 1 unspecified atom stereocenters. The number of alkyl halides is 5. The number of urea groups is 1. The number of aliphatic hydroxyl groups is 1. The maximum Gasteiger partial charge on any atom is 0.416 e. The van der Waals surface area contributed by atoms with E-state index in [0.29, 0.717) is 0 Å². The van der Waals surface area contributed by atoms with Gasteiger partial charge in [-0.25, -0.2) is 13.6 Å². The van der Waals surface area contributed by atoms with Crippen molar-refractivity contribution in [3.05, 3.63) is 41.1 Å². The molecule has 2 aromatic rings. The average Bonchev–Trinajstić information content (AvgIpc) is 2.95. The number of aromatic nitrogens is 2. The van der Waals surface area contributed by atoms with E-state index in [2.05, 4.69) is 10.4 Å². The topological polar surface area (TPSA) is 82.4 Å². The van der Waals surface area contributed by atoms with Crippen molar-refractivity contribution in [1.82, 2.24) is 15.2 Å². The van der Waals surface area contributed by atoms with E-state index in [4.69, 9.17) is 0 Å². The van der Waals surface area contributed by atoms with E-state index in [1.807, 2.05) is 5.32 Å². The molecule has 1 atom stereocenters. The van der Waals surface area contributed by atoms with E-state index in [1.165, 1.54) is 5.01 Å². The lowest BCUT2D eigenvalue weighted by Crippen LogP contribution is -2.40. The van der Waals surface area contributed by atoms with Crippen molar-refractivity contribution in [3.63, 3.8) is 0 Å². The van der Waals surface area contributed by atoms with Crippen LogP contribution in [0.25, 0.3) is 0 Å². The van der Waals surface area contributed by atoms with Gasteiger partial charge in [0.2, 0.25) is 0 Å². The molecule has 0 saturated carbocycles. The number of benzene rings is 1. The van der Waals surface area contributed by atoms with Gasteiger partial charge in [-0.2, -0.15) is 18.0 Å². The molecule has 3 N–H and O–H groups in total. The fraction of sp³-hybridized carbons (Fsp3) is 0.333. The fourth-order valence-electron chi connectivity index (χ4n) is 2.75. The van der Waals surface area contributed by atoms with Crippen LogP contribution in [-0.4, -0.2) is 27.6 Å². The summed E-state index contributed by atoms with van der Waals surface area (Å²) >= 11 is 0. The van der Waals surface area contributed by atoms with Crippen LogP contribution >= 0.6 is 0 Å². The summed E-state index contributed by atoms with van der Waals surface area (Å²) in [6, 6.07) is 3.16. The van der Waals surface area contributed by atoms with Gasteiger partial charge >= 0.3 is 12.2 Å². The van der Waals surface area contributed by atoms with E-state index in [1.54, 1.807) is 6.92 Å². The normalized spacial score (nSPS) is 16.7. The van der Waals surface area contributed by atoms with Crippen LogP contribution in [0.3, 0.4) is 0 Å². The second kappa shape index (κ2) is 6.68. The predicted molar refractivity (Wildman–Crippen MR) is 84.2 cm³/mol. The van der Waals surface area contributed by atoms with Gasteiger partial charge in [-0.1, -0.05) is 0 Å². The summed E-state index contributed by atoms with van der Waals surface area (Å²) in [4.78, 5) is 12.5. The first-order valence-electron chi connectivity index (χ1n) is 7.75. The molecule has 27 heavy (non-hydrogen) atoms. The molecule has 1 aromatic heterocycles. The van der Waals surface area contributed by atoms with Gasteiger partial charge in [-0.15, -0.1) is 5.10 Å². The molecule has 3 rings (SSSR count). The quantitative estimate of drug-likeness (QED) is 0.699. The number of carbonyl (C=O) groups excluding carboxylic acids is 1. The molecule has 7 nitrogen and oxygen atoms in total. The summed E-state index contributed by atoms with van der Waals surface area (Å²) in [7, 11) is 0. The Morgan fingerprint density at radius 2 is 1.93 bits per heavy atom. The molecule has 12 heteroatoms. The van der Waals surface area contributed by atoms with E-state index in [0.717, 1.165) is 29.1 Å². The number of anilines is 2. The highest BCUT2D eigenvalue weighted by atomic mass is 19.4. The molecule has 1 aliphatic heterocycles. The Hall–Kier alpha value is -2.89. The number of nitrogens with zero attached hydrogens (tertiary/aromatic N) is 3.